The summed E-state index contributed by atoms with van der Waals surface area (Å²) in [6.07, 6.45) is 0. The lowest BCUT2D eigenvalue weighted by Gasteiger charge is -2.07. The first kappa shape index (κ1) is 20.9. The monoisotopic (exact) mass is 479 g/mol. The van der Waals surface area contributed by atoms with E-state index in [0.29, 0.717) is 23.7 Å². The molecule has 0 aliphatic carbocycles. The van der Waals surface area contributed by atoms with E-state index in [1.54, 1.807) is 12.1 Å². The van der Waals surface area contributed by atoms with Crippen molar-refractivity contribution in [1.82, 2.24) is 9.78 Å². The van der Waals surface area contributed by atoms with Gasteiger partial charge < -0.3 is 14.5 Å². The van der Waals surface area contributed by atoms with Gasteiger partial charge in [0, 0.05) is 0 Å². The van der Waals surface area contributed by atoms with E-state index in [1.165, 1.54) is 0 Å². The van der Waals surface area contributed by atoms with Crippen molar-refractivity contribution in [2.24, 2.45) is 0 Å². The molecule has 0 aliphatic rings. The third kappa shape index (κ3) is 4.88. The highest BCUT2D eigenvalue weighted by molar-refractivity contribution is 9.10. The molecule has 4 aromatic rings. The fourth-order valence-electron chi connectivity index (χ4n) is 3.25. The SMILES string of the molecule is Cc1nn(Cc2ccccc2)c(C)c1NC(=O)c1ccc(COc2ccccc2Br)o1. The van der Waals surface area contributed by atoms with E-state index in [1.807, 2.05) is 61.0 Å². The number of aryl methyl sites for hydroxylation is 1. The van der Waals surface area contributed by atoms with E-state index in [2.05, 4.69) is 38.5 Å². The number of anilines is 1. The average molecular weight is 480 g/mol. The van der Waals surface area contributed by atoms with Crippen molar-refractivity contribution in [3.05, 3.63) is 99.7 Å². The van der Waals surface area contributed by atoms with Crippen molar-refractivity contribution < 1.29 is 13.9 Å². The lowest BCUT2D eigenvalue weighted by atomic mass is 10.2. The number of hydrogen-bond donors (Lipinski definition) is 1. The fourth-order valence-corrected chi connectivity index (χ4v) is 3.65. The number of nitrogens with one attached hydrogen (secondary N) is 1. The molecule has 4 rings (SSSR count). The van der Waals surface area contributed by atoms with E-state index in [0.717, 1.165) is 21.4 Å². The zero-order chi connectivity index (χ0) is 21.8. The van der Waals surface area contributed by atoms with Gasteiger partial charge >= 0.3 is 0 Å². The molecule has 0 saturated carbocycles. The van der Waals surface area contributed by atoms with Gasteiger partial charge in [0.05, 0.1) is 28.1 Å². The largest absolute Gasteiger partial charge is 0.484 e. The second kappa shape index (κ2) is 9.22. The second-order valence-electron chi connectivity index (χ2n) is 7.13. The lowest BCUT2D eigenvalue weighted by molar-refractivity contribution is 0.0992. The molecule has 0 spiro atoms. The van der Waals surface area contributed by atoms with Crippen LogP contribution < -0.4 is 10.1 Å². The molecule has 6 nitrogen and oxygen atoms in total. The van der Waals surface area contributed by atoms with Crippen LogP contribution in [-0.2, 0) is 13.2 Å². The molecule has 0 radical (unpaired) electrons. The van der Waals surface area contributed by atoms with Crippen LogP contribution in [0.4, 0.5) is 5.69 Å². The zero-order valence-corrected chi connectivity index (χ0v) is 18.8. The van der Waals surface area contributed by atoms with E-state index in [9.17, 15) is 4.79 Å². The van der Waals surface area contributed by atoms with Crippen LogP contribution in [0.3, 0.4) is 0 Å². The molecule has 0 fully saturated rings. The summed E-state index contributed by atoms with van der Waals surface area (Å²) in [5.41, 5.74) is 3.49. The quantitative estimate of drug-likeness (QED) is 0.367. The molecular weight excluding hydrogens is 458 g/mol. The summed E-state index contributed by atoms with van der Waals surface area (Å²) in [7, 11) is 0. The molecular formula is C24H22BrN3O3. The number of carbonyl (C=O) groups is 1. The number of halogens is 1. The molecule has 1 amide bonds. The number of carbonyl (C=O) groups excluding carboxylic acids is 1. The van der Waals surface area contributed by atoms with Crippen LogP contribution in [0, 0.1) is 13.8 Å². The predicted molar refractivity (Wildman–Crippen MR) is 122 cm³/mol. The number of hydrogen-bond acceptors (Lipinski definition) is 4. The van der Waals surface area contributed by atoms with Gasteiger partial charge in [-0.05, 0) is 59.6 Å². The molecule has 2 aromatic heterocycles. The molecule has 2 aromatic carbocycles. The Morgan fingerprint density at radius 1 is 1.06 bits per heavy atom. The highest BCUT2D eigenvalue weighted by atomic mass is 79.9. The number of benzene rings is 2. The van der Waals surface area contributed by atoms with Crippen LogP contribution >= 0.6 is 15.9 Å². The third-order valence-corrected chi connectivity index (χ3v) is 5.54. The van der Waals surface area contributed by atoms with Crippen LogP contribution in [0.5, 0.6) is 5.75 Å². The normalized spacial score (nSPS) is 10.8. The summed E-state index contributed by atoms with van der Waals surface area (Å²) >= 11 is 3.44. The van der Waals surface area contributed by atoms with Gasteiger partial charge in [0.1, 0.15) is 18.1 Å². The summed E-state index contributed by atoms with van der Waals surface area (Å²) < 4.78 is 14.2. The van der Waals surface area contributed by atoms with Gasteiger partial charge in [-0.3, -0.25) is 9.48 Å². The maximum atomic E-state index is 12.7. The highest BCUT2D eigenvalue weighted by Gasteiger charge is 2.18. The zero-order valence-electron chi connectivity index (χ0n) is 17.3. The standard InChI is InChI=1S/C24H22BrN3O3/c1-16-23(17(2)28(27-16)14-18-8-4-3-5-9-18)26-24(29)22-13-12-19(31-22)15-30-21-11-7-6-10-20(21)25/h3-13H,14-15H2,1-2H3,(H,26,29). The Morgan fingerprint density at radius 3 is 2.58 bits per heavy atom. The Morgan fingerprint density at radius 2 is 1.81 bits per heavy atom. The first-order valence-corrected chi connectivity index (χ1v) is 10.7. The molecule has 0 saturated heterocycles. The fraction of sp³-hybridized carbons (Fsp3) is 0.167. The molecule has 158 valence electrons. The van der Waals surface area contributed by atoms with Crippen molar-refractivity contribution in [2.45, 2.75) is 27.0 Å². The Labute approximate surface area is 189 Å². The van der Waals surface area contributed by atoms with Gasteiger partial charge in [0.15, 0.2) is 5.76 Å². The van der Waals surface area contributed by atoms with Gasteiger partial charge in [0.25, 0.3) is 5.91 Å². The summed E-state index contributed by atoms with van der Waals surface area (Å²) in [5, 5.41) is 7.51. The minimum absolute atomic E-state index is 0.223. The minimum atomic E-state index is -0.322. The van der Waals surface area contributed by atoms with Crippen molar-refractivity contribution in [2.75, 3.05) is 5.32 Å². The Hall–Kier alpha value is -3.32. The van der Waals surface area contributed by atoms with Crippen molar-refractivity contribution in [3.8, 4) is 5.75 Å². The number of nitrogens with zero attached hydrogens (tertiary/aromatic N) is 2. The lowest BCUT2D eigenvalue weighted by Crippen LogP contribution is -2.12. The Bertz CT molecular complexity index is 1200. The highest BCUT2D eigenvalue weighted by Crippen LogP contribution is 2.25. The first-order chi connectivity index (χ1) is 15.0. The Balaban J connectivity index is 1.42. The molecule has 7 heteroatoms. The van der Waals surface area contributed by atoms with Crippen LogP contribution in [0.2, 0.25) is 0 Å². The maximum Gasteiger partial charge on any atom is 0.291 e. The number of para-hydroxylation sites is 1. The van der Waals surface area contributed by atoms with E-state index in [4.69, 9.17) is 9.15 Å². The van der Waals surface area contributed by atoms with E-state index in [-0.39, 0.29) is 18.3 Å². The number of rotatable bonds is 7. The second-order valence-corrected chi connectivity index (χ2v) is 7.98. The predicted octanol–water partition coefficient (Wildman–Crippen LogP) is 5.74. The number of furan rings is 1. The third-order valence-electron chi connectivity index (χ3n) is 4.89. The molecule has 1 N–H and O–H groups in total. The van der Waals surface area contributed by atoms with Gasteiger partial charge in [-0.1, -0.05) is 42.5 Å². The van der Waals surface area contributed by atoms with Crippen LogP contribution in [0.15, 0.2) is 75.6 Å². The molecule has 0 unspecified atom stereocenters. The van der Waals surface area contributed by atoms with Crippen LogP contribution in [0.1, 0.15) is 33.3 Å². The van der Waals surface area contributed by atoms with E-state index < -0.39 is 0 Å². The molecule has 0 bridgehead atoms. The van der Waals surface area contributed by atoms with Crippen molar-refractivity contribution >= 4 is 27.5 Å². The number of ether oxygens (including phenoxy) is 1. The van der Waals surface area contributed by atoms with Crippen molar-refractivity contribution in [3.63, 3.8) is 0 Å². The summed E-state index contributed by atoms with van der Waals surface area (Å²) in [6, 6.07) is 21.0. The first-order valence-electron chi connectivity index (χ1n) is 9.86. The van der Waals surface area contributed by atoms with Crippen LogP contribution in [0.25, 0.3) is 0 Å². The average Bonchev–Trinajstić information content (AvgIpc) is 3.34. The maximum absolute atomic E-state index is 12.7. The van der Waals surface area contributed by atoms with Crippen LogP contribution in [-0.4, -0.2) is 15.7 Å². The van der Waals surface area contributed by atoms with Crippen molar-refractivity contribution in [1.29, 1.82) is 0 Å². The van der Waals surface area contributed by atoms with Gasteiger partial charge in [-0.15, -0.1) is 0 Å². The summed E-state index contributed by atoms with van der Waals surface area (Å²) in [5.74, 6) is 1.18. The van der Waals surface area contributed by atoms with Gasteiger partial charge in [0.2, 0.25) is 0 Å². The molecule has 31 heavy (non-hydrogen) atoms. The van der Waals surface area contributed by atoms with Gasteiger partial charge in [-0.25, -0.2) is 0 Å². The van der Waals surface area contributed by atoms with E-state index >= 15 is 0 Å². The Kier molecular flexibility index (Phi) is 6.23. The summed E-state index contributed by atoms with van der Waals surface area (Å²) in [6.45, 7) is 4.69. The topological polar surface area (TPSA) is 69.3 Å². The smallest absolute Gasteiger partial charge is 0.291 e. The minimum Gasteiger partial charge on any atom is -0.484 e. The molecule has 2 heterocycles. The number of amides is 1. The van der Waals surface area contributed by atoms with Gasteiger partial charge in [-0.2, -0.15) is 5.10 Å². The summed E-state index contributed by atoms with van der Waals surface area (Å²) in [4.78, 5) is 12.7. The molecule has 0 atom stereocenters. The number of aromatic nitrogens is 2. The molecule has 0 aliphatic heterocycles.